The second-order valence-electron chi connectivity index (χ2n) is 6.82. The summed E-state index contributed by atoms with van der Waals surface area (Å²) in [5.74, 6) is 0.826. The predicted octanol–water partition coefficient (Wildman–Crippen LogP) is 4.92. The van der Waals surface area contributed by atoms with E-state index in [9.17, 15) is 0 Å². The van der Waals surface area contributed by atoms with Crippen LogP contribution in [0.2, 0.25) is 0 Å². The zero-order chi connectivity index (χ0) is 14.7. The van der Waals surface area contributed by atoms with Crippen LogP contribution >= 0.6 is 0 Å². The summed E-state index contributed by atoms with van der Waals surface area (Å²) in [5.41, 5.74) is 0.137. The topological polar surface area (TPSA) is 21.3 Å². The molecule has 2 atom stereocenters. The predicted molar refractivity (Wildman–Crippen MR) is 88.2 cm³/mol. The van der Waals surface area contributed by atoms with Gasteiger partial charge in [0, 0.05) is 13.2 Å². The lowest BCUT2D eigenvalue weighted by Gasteiger charge is -2.40. The lowest BCUT2D eigenvalue weighted by atomic mass is 9.78. The molecule has 0 amide bonds. The zero-order valence-electron chi connectivity index (χ0n) is 14.2. The summed E-state index contributed by atoms with van der Waals surface area (Å²) in [6.07, 6.45) is 13.1. The first-order valence-electron chi connectivity index (χ1n) is 9.07. The molecule has 2 heteroatoms. The van der Waals surface area contributed by atoms with E-state index in [1.54, 1.807) is 0 Å². The summed E-state index contributed by atoms with van der Waals surface area (Å²) in [5, 5.41) is 3.60. The van der Waals surface area contributed by atoms with E-state index in [2.05, 4.69) is 26.1 Å². The number of rotatable bonds is 11. The molecular weight excluding hydrogens is 246 g/mol. The van der Waals surface area contributed by atoms with Crippen LogP contribution in [-0.2, 0) is 4.74 Å². The number of hydrogen-bond donors (Lipinski definition) is 1. The van der Waals surface area contributed by atoms with E-state index < -0.39 is 0 Å². The standard InChI is InChI=1S/C18H37NO/c1-4-6-7-8-9-14-20-18(16-19-13-5-2)12-10-11-17(3)15-18/h17,19H,4-16H2,1-3H3. The Morgan fingerprint density at radius 3 is 2.60 bits per heavy atom. The Labute approximate surface area is 127 Å². The summed E-state index contributed by atoms with van der Waals surface area (Å²) in [6.45, 7) is 10.0. The van der Waals surface area contributed by atoms with Gasteiger partial charge in [-0.1, -0.05) is 59.3 Å². The van der Waals surface area contributed by atoms with Gasteiger partial charge in [-0.2, -0.15) is 0 Å². The summed E-state index contributed by atoms with van der Waals surface area (Å²) in [7, 11) is 0. The normalized spacial score (nSPS) is 26.9. The average Bonchev–Trinajstić information content (AvgIpc) is 2.43. The van der Waals surface area contributed by atoms with Crippen LogP contribution in [0.25, 0.3) is 0 Å². The van der Waals surface area contributed by atoms with Gasteiger partial charge in [0.25, 0.3) is 0 Å². The van der Waals surface area contributed by atoms with Crippen LogP contribution in [-0.4, -0.2) is 25.3 Å². The van der Waals surface area contributed by atoms with Gasteiger partial charge in [0.05, 0.1) is 5.60 Å². The average molecular weight is 284 g/mol. The molecule has 0 aromatic rings. The maximum Gasteiger partial charge on any atom is 0.0808 e. The second-order valence-corrected chi connectivity index (χ2v) is 6.82. The Morgan fingerprint density at radius 2 is 1.90 bits per heavy atom. The molecule has 1 fully saturated rings. The van der Waals surface area contributed by atoms with Gasteiger partial charge < -0.3 is 10.1 Å². The van der Waals surface area contributed by atoms with Crippen molar-refractivity contribution >= 4 is 0 Å². The smallest absolute Gasteiger partial charge is 0.0808 e. The molecule has 0 bridgehead atoms. The SMILES string of the molecule is CCCCCCCOC1(CNCCC)CCCC(C)C1. The van der Waals surface area contributed by atoms with Crippen molar-refractivity contribution in [3.8, 4) is 0 Å². The summed E-state index contributed by atoms with van der Waals surface area (Å²) >= 11 is 0. The Balaban J connectivity index is 2.30. The maximum atomic E-state index is 6.41. The van der Waals surface area contributed by atoms with Crippen molar-refractivity contribution in [1.29, 1.82) is 0 Å². The highest BCUT2D eigenvalue weighted by atomic mass is 16.5. The van der Waals surface area contributed by atoms with Gasteiger partial charge in [-0.3, -0.25) is 0 Å². The molecule has 1 N–H and O–H groups in total. The number of nitrogens with one attached hydrogen (secondary N) is 1. The molecular formula is C18H37NO. The van der Waals surface area contributed by atoms with Gasteiger partial charge in [0.15, 0.2) is 0 Å². The Kier molecular flexibility index (Phi) is 9.54. The maximum absolute atomic E-state index is 6.41. The van der Waals surface area contributed by atoms with Crippen molar-refractivity contribution in [2.24, 2.45) is 5.92 Å². The molecule has 0 radical (unpaired) electrons. The van der Waals surface area contributed by atoms with E-state index in [1.165, 1.54) is 64.2 Å². The van der Waals surface area contributed by atoms with Crippen LogP contribution in [0.4, 0.5) is 0 Å². The fourth-order valence-electron chi connectivity index (χ4n) is 3.44. The molecule has 0 aliphatic heterocycles. The zero-order valence-corrected chi connectivity index (χ0v) is 14.2. The highest BCUT2D eigenvalue weighted by Crippen LogP contribution is 2.35. The van der Waals surface area contributed by atoms with Gasteiger partial charge in [0.1, 0.15) is 0 Å². The lowest BCUT2D eigenvalue weighted by molar-refractivity contribution is -0.0803. The third kappa shape index (κ3) is 7.08. The first kappa shape index (κ1) is 18.0. The van der Waals surface area contributed by atoms with E-state index in [0.29, 0.717) is 0 Å². The molecule has 1 saturated carbocycles. The summed E-state index contributed by atoms with van der Waals surface area (Å²) in [4.78, 5) is 0. The molecule has 120 valence electrons. The van der Waals surface area contributed by atoms with E-state index in [1.807, 2.05) is 0 Å². The molecule has 0 spiro atoms. The number of unbranched alkanes of at least 4 members (excludes halogenated alkanes) is 4. The van der Waals surface area contributed by atoms with Crippen molar-refractivity contribution < 1.29 is 4.74 Å². The molecule has 1 aliphatic carbocycles. The Morgan fingerprint density at radius 1 is 1.10 bits per heavy atom. The third-order valence-corrected chi connectivity index (χ3v) is 4.58. The van der Waals surface area contributed by atoms with Gasteiger partial charge in [-0.25, -0.2) is 0 Å². The van der Waals surface area contributed by atoms with Crippen LogP contribution in [0.5, 0.6) is 0 Å². The molecule has 2 unspecified atom stereocenters. The number of ether oxygens (including phenoxy) is 1. The largest absolute Gasteiger partial charge is 0.374 e. The molecule has 0 heterocycles. The van der Waals surface area contributed by atoms with Crippen LogP contribution in [0.3, 0.4) is 0 Å². The van der Waals surface area contributed by atoms with Crippen LogP contribution in [0.1, 0.15) is 85.0 Å². The molecule has 0 saturated heterocycles. The highest BCUT2D eigenvalue weighted by Gasteiger charge is 2.35. The third-order valence-electron chi connectivity index (χ3n) is 4.58. The van der Waals surface area contributed by atoms with Gasteiger partial charge in [0.2, 0.25) is 0 Å². The Bertz CT molecular complexity index is 231. The molecule has 1 aliphatic rings. The van der Waals surface area contributed by atoms with Crippen LogP contribution < -0.4 is 5.32 Å². The fraction of sp³-hybridized carbons (Fsp3) is 1.00. The van der Waals surface area contributed by atoms with Crippen molar-refractivity contribution in [1.82, 2.24) is 5.32 Å². The quantitative estimate of drug-likeness (QED) is 0.543. The molecule has 20 heavy (non-hydrogen) atoms. The minimum Gasteiger partial charge on any atom is -0.374 e. The molecule has 0 aromatic carbocycles. The molecule has 0 aromatic heterocycles. The van der Waals surface area contributed by atoms with E-state index in [-0.39, 0.29) is 5.60 Å². The van der Waals surface area contributed by atoms with E-state index in [0.717, 1.165) is 25.6 Å². The van der Waals surface area contributed by atoms with Crippen LogP contribution in [0, 0.1) is 5.92 Å². The van der Waals surface area contributed by atoms with Crippen molar-refractivity contribution in [2.75, 3.05) is 19.7 Å². The van der Waals surface area contributed by atoms with E-state index in [4.69, 9.17) is 4.74 Å². The second kappa shape index (κ2) is 10.6. The fourth-order valence-corrected chi connectivity index (χ4v) is 3.44. The molecule has 1 rings (SSSR count). The van der Waals surface area contributed by atoms with Crippen molar-refractivity contribution in [3.05, 3.63) is 0 Å². The van der Waals surface area contributed by atoms with Gasteiger partial charge in [-0.15, -0.1) is 0 Å². The highest BCUT2D eigenvalue weighted by molar-refractivity contribution is 4.89. The van der Waals surface area contributed by atoms with Gasteiger partial charge >= 0.3 is 0 Å². The lowest BCUT2D eigenvalue weighted by Crippen LogP contribution is -2.46. The molecule has 2 nitrogen and oxygen atoms in total. The minimum absolute atomic E-state index is 0.137. The van der Waals surface area contributed by atoms with E-state index >= 15 is 0 Å². The van der Waals surface area contributed by atoms with Gasteiger partial charge in [-0.05, 0) is 38.1 Å². The first-order chi connectivity index (χ1) is 9.72. The minimum atomic E-state index is 0.137. The Hall–Kier alpha value is -0.0800. The van der Waals surface area contributed by atoms with Crippen LogP contribution in [0.15, 0.2) is 0 Å². The monoisotopic (exact) mass is 283 g/mol. The van der Waals surface area contributed by atoms with Crippen molar-refractivity contribution in [2.45, 2.75) is 90.6 Å². The van der Waals surface area contributed by atoms with Crippen molar-refractivity contribution in [3.63, 3.8) is 0 Å². The summed E-state index contributed by atoms with van der Waals surface area (Å²) < 4.78 is 6.41. The summed E-state index contributed by atoms with van der Waals surface area (Å²) in [6, 6.07) is 0. The number of hydrogen-bond acceptors (Lipinski definition) is 2. The first-order valence-corrected chi connectivity index (χ1v) is 9.07.